The molecule has 0 aliphatic heterocycles. The van der Waals surface area contributed by atoms with Gasteiger partial charge in [0.15, 0.2) is 10.8 Å². The molecule has 1 aromatic rings. The maximum Gasteiger partial charge on any atom is 0.350 e. The largest absolute Gasteiger partial charge is 0.478 e. The summed E-state index contributed by atoms with van der Waals surface area (Å²) in [5.41, 5.74) is 8.81. The van der Waals surface area contributed by atoms with Crippen molar-refractivity contribution in [3.8, 4) is 0 Å². The molecule has 0 aromatic carbocycles. The fraction of sp³-hybridized carbons (Fsp3) is 0.333. The Kier molecular flexibility index (Phi) is 3.86. The zero-order valence-corrected chi connectivity index (χ0v) is 10.5. The third kappa shape index (κ3) is 3.17. The van der Waals surface area contributed by atoms with E-state index < -0.39 is 17.5 Å². The smallest absolute Gasteiger partial charge is 0.350 e. The molecule has 0 spiro atoms. The predicted molar refractivity (Wildman–Crippen MR) is 65.1 cm³/mol. The normalized spacial score (nSPS) is 12.2. The van der Waals surface area contributed by atoms with Crippen LogP contribution < -0.4 is 11.5 Å². The molecule has 5 N–H and O–H groups in total. The second-order valence-corrected chi connectivity index (χ2v) is 4.67. The molecule has 1 amide bonds. The number of hydrogen-bond donors (Lipinski definition) is 3. The number of thiazole rings is 1. The van der Waals surface area contributed by atoms with E-state index in [2.05, 4.69) is 10.1 Å². The van der Waals surface area contributed by atoms with Gasteiger partial charge in [-0.2, -0.15) is 0 Å². The molecule has 0 radical (unpaired) electrons. The second-order valence-electron chi connectivity index (χ2n) is 3.78. The summed E-state index contributed by atoms with van der Waals surface area (Å²) in [4.78, 5) is 30.6. The highest BCUT2D eigenvalue weighted by atomic mass is 32.1. The van der Waals surface area contributed by atoms with Gasteiger partial charge in [0.1, 0.15) is 5.69 Å². The lowest BCUT2D eigenvalue weighted by atomic mass is 10.1. The summed E-state index contributed by atoms with van der Waals surface area (Å²) in [6, 6.07) is 0. The van der Waals surface area contributed by atoms with Crippen LogP contribution in [0.25, 0.3) is 0 Å². The van der Waals surface area contributed by atoms with E-state index in [0.29, 0.717) is 0 Å². The molecule has 9 heteroatoms. The van der Waals surface area contributed by atoms with Crippen molar-refractivity contribution >= 4 is 34.1 Å². The van der Waals surface area contributed by atoms with Crippen LogP contribution in [0.15, 0.2) is 10.5 Å². The Labute approximate surface area is 106 Å². The topological polar surface area (TPSA) is 141 Å². The summed E-state index contributed by atoms with van der Waals surface area (Å²) in [5.74, 6) is -2.12. The van der Waals surface area contributed by atoms with Crippen LogP contribution in [0.3, 0.4) is 0 Å². The molecule has 1 aromatic heterocycles. The van der Waals surface area contributed by atoms with Gasteiger partial charge in [0.25, 0.3) is 5.91 Å². The fourth-order valence-corrected chi connectivity index (χ4v) is 1.36. The third-order valence-electron chi connectivity index (χ3n) is 1.88. The van der Waals surface area contributed by atoms with E-state index in [-0.39, 0.29) is 16.5 Å². The highest BCUT2D eigenvalue weighted by molar-refractivity contribution is 7.13. The molecule has 0 aliphatic rings. The maximum atomic E-state index is 11.2. The lowest BCUT2D eigenvalue weighted by Crippen LogP contribution is -2.34. The van der Waals surface area contributed by atoms with Gasteiger partial charge in [0, 0.05) is 5.38 Å². The molecule has 18 heavy (non-hydrogen) atoms. The van der Waals surface area contributed by atoms with Gasteiger partial charge < -0.3 is 21.4 Å². The zero-order chi connectivity index (χ0) is 13.9. The number of aromatic nitrogens is 1. The minimum absolute atomic E-state index is 0.145. The number of rotatable bonds is 5. The maximum absolute atomic E-state index is 11.2. The highest BCUT2D eigenvalue weighted by Gasteiger charge is 2.30. The van der Waals surface area contributed by atoms with Crippen molar-refractivity contribution in [2.75, 3.05) is 5.73 Å². The van der Waals surface area contributed by atoms with Crippen molar-refractivity contribution in [2.45, 2.75) is 19.4 Å². The summed E-state index contributed by atoms with van der Waals surface area (Å²) in [6.07, 6.45) is 0. The first-order valence-corrected chi connectivity index (χ1v) is 5.62. The molecule has 0 unspecified atom stereocenters. The Hall–Kier alpha value is -2.16. The number of carboxylic acids is 1. The van der Waals surface area contributed by atoms with Crippen LogP contribution in [0, 0.1) is 0 Å². The van der Waals surface area contributed by atoms with E-state index in [1.54, 1.807) is 0 Å². The van der Waals surface area contributed by atoms with Crippen LogP contribution in [-0.4, -0.2) is 33.3 Å². The summed E-state index contributed by atoms with van der Waals surface area (Å²) in [7, 11) is 0. The number of nitrogens with two attached hydrogens (primary N) is 2. The van der Waals surface area contributed by atoms with Gasteiger partial charge in [-0.1, -0.05) is 5.16 Å². The Morgan fingerprint density at radius 1 is 1.56 bits per heavy atom. The van der Waals surface area contributed by atoms with Crippen LogP contribution in [0.4, 0.5) is 5.13 Å². The van der Waals surface area contributed by atoms with E-state index in [4.69, 9.17) is 21.4 Å². The Bertz CT molecular complexity index is 508. The highest BCUT2D eigenvalue weighted by Crippen LogP contribution is 2.14. The van der Waals surface area contributed by atoms with Crippen molar-refractivity contribution in [1.82, 2.24) is 4.98 Å². The number of nitrogens with zero attached hydrogens (tertiary/aromatic N) is 2. The second kappa shape index (κ2) is 5.00. The molecule has 0 fully saturated rings. The molecule has 8 nitrogen and oxygen atoms in total. The summed E-state index contributed by atoms with van der Waals surface area (Å²) in [5, 5.41) is 14.0. The first-order valence-electron chi connectivity index (χ1n) is 4.75. The van der Waals surface area contributed by atoms with Gasteiger partial charge in [-0.25, -0.2) is 9.78 Å². The minimum Gasteiger partial charge on any atom is -0.478 e. The molecule has 0 aliphatic carbocycles. The Morgan fingerprint density at radius 3 is 2.56 bits per heavy atom. The Balaban J connectivity index is 3.01. The predicted octanol–water partition coefficient (Wildman–Crippen LogP) is -0.206. The van der Waals surface area contributed by atoms with E-state index >= 15 is 0 Å². The number of amides is 1. The van der Waals surface area contributed by atoms with Gasteiger partial charge in [-0.05, 0) is 13.8 Å². The molecule has 0 saturated heterocycles. The summed E-state index contributed by atoms with van der Waals surface area (Å²) < 4.78 is 0. The van der Waals surface area contributed by atoms with Crippen LogP contribution in [-0.2, 0) is 14.4 Å². The summed E-state index contributed by atoms with van der Waals surface area (Å²) in [6.45, 7) is 2.57. The average molecular weight is 272 g/mol. The van der Waals surface area contributed by atoms with Crippen molar-refractivity contribution in [3.05, 3.63) is 11.1 Å². The first-order chi connectivity index (χ1) is 8.24. The third-order valence-corrected chi connectivity index (χ3v) is 2.55. The van der Waals surface area contributed by atoms with Gasteiger partial charge >= 0.3 is 5.97 Å². The molecular weight excluding hydrogens is 260 g/mol. The number of carboxylic acid groups (broad SMARTS) is 1. The van der Waals surface area contributed by atoms with E-state index in [1.807, 2.05) is 0 Å². The Morgan fingerprint density at radius 2 is 2.17 bits per heavy atom. The number of hydrogen-bond acceptors (Lipinski definition) is 7. The first kappa shape index (κ1) is 13.9. The number of oxime groups is 1. The number of primary amides is 1. The quantitative estimate of drug-likeness (QED) is 0.500. The molecular formula is C9H12N4O4S. The molecule has 0 bridgehead atoms. The van der Waals surface area contributed by atoms with E-state index in [1.165, 1.54) is 19.2 Å². The zero-order valence-electron chi connectivity index (χ0n) is 9.71. The summed E-state index contributed by atoms with van der Waals surface area (Å²) >= 11 is 1.10. The van der Waals surface area contributed by atoms with Crippen LogP contribution in [0.1, 0.15) is 19.5 Å². The van der Waals surface area contributed by atoms with Gasteiger partial charge in [-0.15, -0.1) is 11.3 Å². The van der Waals surface area contributed by atoms with Gasteiger partial charge in [-0.3, -0.25) is 4.79 Å². The molecule has 1 heterocycles. The number of aliphatic carboxylic acids is 1. The van der Waals surface area contributed by atoms with Crippen molar-refractivity contribution < 1.29 is 19.5 Å². The standard InChI is InChI=1S/C9H12N4O4S/c1-9(2,7(15)16)17-13-5(6(10)14)4-3-18-8(11)12-4/h3H,1-2H3,(H2,10,14)(H2,11,12)(H,15,16). The number of anilines is 1. The minimum atomic E-state index is -1.58. The van der Waals surface area contributed by atoms with Crippen molar-refractivity contribution in [1.29, 1.82) is 0 Å². The number of nitrogen functional groups attached to an aromatic ring is 1. The fourth-order valence-electron chi connectivity index (χ4n) is 0.813. The SMILES string of the molecule is CC(C)(ON=C(C(N)=O)c1csc(N)n1)C(=O)O. The monoisotopic (exact) mass is 272 g/mol. The number of carbonyl (C=O) groups excluding carboxylic acids is 1. The lowest BCUT2D eigenvalue weighted by Gasteiger charge is -2.16. The van der Waals surface area contributed by atoms with Crippen LogP contribution >= 0.6 is 11.3 Å². The molecule has 0 saturated carbocycles. The van der Waals surface area contributed by atoms with Crippen molar-refractivity contribution in [2.24, 2.45) is 10.9 Å². The van der Waals surface area contributed by atoms with Crippen LogP contribution in [0.2, 0.25) is 0 Å². The van der Waals surface area contributed by atoms with E-state index in [0.717, 1.165) is 11.3 Å². The van der Waals surface area contributed by atoms with Crippen molar-refractivity contribution in [3.63, 3.8) is 0 Å². The molecule has 0 atom stereocenters. The average Bonchev–Trinajstić information content (AvgIpc) is 2.64. The number of carbonyl (C=O) groups is 2. The lowest BCUT2D eigenvalue weighted by molar-refractivity contribution is -0.161. The van der Waals surface area contributed by atoms with Gasteiger partial charge in [0.05, 0.1) is 0 Å². The van der Waals surface area contributed by atoms with E-state index in [9.17, 15) is 9.59 Å². The van der Waals surface area contributed by atoms with Gasteiger partial charge in [0.2, 0.25) is 5.60 Å². The van der Waals surface area contributed by atoms with Crippen LogP contribution in [0.5, 0.6) is 0 Å². The molecule has 98 valence electrons. The molecule has 1 rings (SSSR count).